The molecule has 3 rings (SSSR count). The Labute approximate surface area is 163 Å². The van der Waals surface area contributed by atoms with Crippen LogP contribution < -0.4 is 9.47 Å². The van der Waals surface area contributed by atoms with E-state index in [9.17, 15) is 9.59 Å². The highest BCUT2D eigenvalue weighted by Gasteiger charge is 2.36. The summed E-state index contributed by atoms with van der Waals surface area (Å²) in [7, 11) is 3.19. The van der Waals surface area contributed by atoms with E-state index in [4.69, 9.17) is 14.2 Å². The Morgan fingerprint density at radius 3 is 2.52 bits per heavy atom. The summed E-state index contributed by atoms with van der Waals surface area (Å²) in [5.74, 6) is 1.82. The molecule has 8 heteroatoms. The second-order valence-corrected chi connectivity index (χ2v) is 7.81. The average molecular weight is 394 g/mol. The summed E-state index contributed by atoms with van der Waals surface area (Å²) in [5, 5.41) is 0. The molecule has 148 valence electrons. The smallest absolute Gasteiger partial charge is 0.410 e. The molecule has 0 aliphatic carbocycles. The first-order valence-electron chi connectivity index (χ1n) is 9.11. The maximum atomic E-state index is 12.5. The van der Waals surface area contributed by atoms with E-state index in [-0.39, 0.29) is 24.1 Å². The Balaban J connectivity index is 1.48. The van der Waals surface area contributed by atoms with Gasteiger partial charge in [0.15, 0.2) is 11.5 Å². The molecular weight excluding hydrogens is 368 g/mol. The number of benzene rings is 1. The highest BCUT2D eigenvalue weighted by molar-refractivity contribution is 8.00. The number of carbonyl (C=O) groups is 2. The normalized spacial score (nSPS) is 20.6. The van der Waals surface area contributed by atoms with Crippen molar-refractivity contribution in [2.45, 2.75) is 36.8 Å². The van der Waals surface area contributed by atoms with Gasteiger partial charge in [0.05, 0.1) is 26.5 Å². The number of likely N-dealkylation sites (tertiary alicyclic amines) is 1. The fourth-order valence-electron chi connectivity index (χ4n) is 3.50. The van der Waals surface area contributed by atoms with E-state index in [0.717, 1.165) is 17.7 Å². The van der Waals surface area contributed by atoms with Crippen LogP contribution in [0.2, 0.25) is 0 Å². The van der Waals surface area contributed by atoms with Crippen molar-refractivity contribution in [3.05, 3.63) is 18.2 Å². The zero-order chi connectivity index (χ0) is 19.4. The molecule has 1 aromatic rings. The number of hydrogen-bond donors (Lipinski definition) is 0. The zero-order valence-electron chi connectivity index (χ0n) is 16.0. The van der Waals surface area contributed by atoms with Gasteiger partial charge in [-0.2, -0.15) is 0 Å². The van der Waals surface area contributed by atoms with Crippen LogP contribution in [0.5, 0.6) is 11.5 Å². The fourth-order valence-corrected chi connectivity index (χ4v) is 4.32. The van der Waals surface area contributed by atoms with Gasteiger partial charge in [-0.3, -0.25) is 4.79 Å². The number of hydrogen-bond acceptors (Lipinski definition) is 6. The van der Waals surface area contributed by atoms with Crippen LogP contribution >= 0.6 is 11.8 Å². The zero-order valence-corrected chi connectivity index (χ0v) is 16.8. The molecule has 7 nitrogen and oxygen atoms in total. The molecule has 0 bridgehead atoms. The molecular formula is C19H26N2O5S. The van der Waals surface area contributed by atoms with Gasteiger partial charge in [-0.15, -0.1) is 11.8 Å². The summed E-state index contributed by atoms with van der Waals surface area (Å²) in [5.41, 5.74) is 0. The number of methoxy groups -OCH3 is 2. The van der Waals surface area contributed by atoms with E-state index < -0.39 is 0 Å². The van der Waals surface area contributed by atoms with Crippen molar-refractivity contribution in [1.29, 1.82) is 0 Å². The number of carbonyl (C=O) groups excluding carboxylic acids is 2. The largest absolute Gasteiger partial charge is 0.493 e. The Hall–Kier alpha value is -2.09. The van der Waals surface area contributed by atoms with E-state index in [1.807, 2.05) is 34.9 Å². The summed E-state index contributed by atoms with van der Waals surface area (Å²) in [4.78, 5) is 29.1. The number of ether oxygens (including phenoxy) is 3. The van der Waals surface area contributed by atoms with Crippen LogP contribution in [0.25, 0.3) is 0 Å². The van der Waals surface area contributed by atoms with Crippen LogP contribution in [0.3, 0.4) is 0 Å². The van der Waals surface area contributed by atoms with E-state index in [1.165, 1.54) is 11.8 Å². The Morgan fingerprint density at radius 2 is 1.93 bits per heavy atom. The first kappa shape index (κ1) is 19.7. The summed E-state index contributed by atoms with van der Waals surface area (Å²) in [6.45, 7) is 3.90. The number of amides is 2. The molecule has 0 aromatic heterocycles. The minimum absolute atomic E-state index is 0.0463. The predicted molar refractivity (Wildman–Crippen MR) is 103 cm³/mol. The molecule has 0 spiro atoms. The van der Waals surface area contributed by atoms with Gasteiger partial charge in [-0.25, -0.2) is 4.79 Å². The number of rotatable bonds is 6. The van der Waals surface area contributed by atoms with Gasteiger partial charge < -0.3 is 24.0 Å². The van der Waals surface area contributed by atoms with Crippen LogP contribution in [0.1, 0.15) is 19.8 Å². The lowest BCUT2D eigenvalue weighted by atomic mass is 10.0. The average Bonchev–Trinajstić information content (AvgIpc) is 3.03. The molecule has 27 heavy (non-hydrogen) atoms. The molecule has 2 amide bonds. The van der Waals surface area contributed by atoms with E-state index in [2.05, 4.69) is 0 Å². The van der Waals surface area contributed by atoms with Gasteiger partial charge in [0, 0.05) is 24.0 Å². The molecule has 1 unspecified atom stereocenters. The molecule has 1 atom stereocenters. The molecule has 2 fully saturated rings. The summed E-state index contributed by atoms with van der Waals surface area (Å²) in [6, 6.07) is 5.81. The Kier molecular flexibility index (Phi) is 6.36. The van der Waals surface area contributed by atoms with E-state index >= 15 is 0 Å². The van der Waals surface area contributed by atoms with Gasteiger partial charge in [-0.05, 0) is 38.0 Å². The van der Waals surface area contributed by atoms with Crippen LogP contribution in [0.4, 0.5) is 4.79 Å². The van der Waals surface area contributed by atoms with Gasteiger partial charge in [0.1, 0.15) is 6.10 Å². The molecule has 2 aliphatic rings. The predicted octanol–water partition coefficient (Wildman–Crippen LogP) is 2.63. The van der Waals surface area contributed by atoms with E-state index in [1.54, 1.807) is 14.2 Å². The first-order chi connectivity index (χ1) is 13.0. The minimum Gasteiger partial charge on any atom is -0.493 e. The highest BCUT2D eigenvalue weighted by Crippen LogP contribution is 2.32. The third-order valence-electron chi connectivity index (χ3n) is 4.97. The molecule has 2 saturated heterocycles. The molecule has 2 aliphatic heterocycles. The van der Waals surface area contributed by atoms with Crippen LogP contribution in [-0.4, -0.2) is 73.6 Å². The first-order valence-corrected chi connectivity index (χ1v) is 10.1. The third-order valence-corrected chi connectivity index (χ3v) is 5.94. The number of piperidine rings is 1. The van der Waals surface area contributed by atoms with Crippen molar-refractivity contribution in [2.75, 3.05) is 39.6 Å². The van der Waals surface area contributed by atoms with Gasteiger partial charge in [-0.1, -0.05) is 0 Å². The highest BCUT2D eigenvalue weighted by atomic mass is 32.2. The third kappa shape index (κ3) is 4.61. The summed E-state index contributed by atoms with van der Waals surface area (Å²) < 4.78 is 15.7. The molecule has 1 aromatic carbocycles. The Bertz CT molecular complexity index is 691. The summed E-state index contributed by atoms with van der Waals surface area (Å²) in [6.07, 6.45) is 1.33. The quantitative estimate of drug-likeness (QED) is 0.691. The lowest BCUT2D eigenvalue weighted by Gasteiger charge is -2.35. The lowest BCUT2D eigenvalue weighted by Crippen LogP contribution is -2.47. The molecule has 0 N–H and O–H groups in total. The van der Waals surface area contributed by atoms with Crippen LogP contribution in [0, 0.1) is 0 Å². The SMILES string of the molecule is COc1ccc(SCC(=O)N2CCC(N3CC(C)OC3=O)CC2)cc1OC. The topological polar surface area (TPSA) is 68.3 Å². The van der Waals surface area contributed by atoms with Gasteiger partial charge in [0.2, 0.25) is 5.91 Å². The fraction of sp³-hybridized carbons (Fsp3) is 0.579. The van der Waals surface area contributed by atoms with E-state index in [0.29, 0.717) is 36.9 Å². The van der Waals surface area contributed by atoms with Crippen molar-refractivity contribution < 1.29 is 23.8 Å². The monoisotopic (exact) mass is 394 g/mol. The minimum atomic E-state index is -0.226. The lowest BCUT2D eigenvalue weighted by molar-refractivity contribution is -0.129. The van der Waals surface area contributed by atoms with Crippen molar-refractivity contribution in [1.82, 2.24) is 9.80 Å². The standard InChI is InChI=1S/C19H26N2O5S/c1-13-11-21(19(23)26-13)14-6-8-20(9-7-14)18(22)12-27-15-4-5-16(24-2)17(10-15)25-3/h4-5,10,13-14H,6-9,11-12H2,1-3H3. The number of nitrogens with zero attached hydrogens (tertiary/aromatic N) is 2. The van der Waals surface area contributed by atoms with Crippen molar-refractivity contribution in [2.24, 2.45) is 0 Å². The second-order valence-electron chi connectivity index (χ2n) is 6.76. The van der Waals surface area contributed by atoms with Crippen LogP contribution in [0.15, 0.2) is 23.1 Å². The maximum Gasteiger partial charge on any atom is 0.410 e. The van der Waals surface area contributed by atoms with Crippen molar-refractivity contribution in [3.63, 3.8) is 0 Å². The van der Waals surface area contributed by atoms with Crippen molar-refractivity contribution >= 4 is 23.8 Å². The van der Waals surface area contributed by atoms with Gasteiger partial charge >= 0.3 is 6.09 Å². The van der Waals surface area contributed by atoms with Crippen LogP contribution in [-0.2, 0) is 9.53 Å². The Morgan fingerprint density at radius 1 is 1.22 bits per heavy atom. The maximum absolute atomic E-state index is 12.5. The molecule has 0 saturated carbocycles. The number of cyclic esters (lactones) is 1. The van der Waals surface area contributed by atoms with Crippen molar-refractivity contribution in [3.8, 4) is 11.5 Å². The summed E-state index contributed by atoms with van der Waals surface area (Å²) >= 11 is 1.49. The second kappa shape index (κ2) is 8.73. The van der Waals surface area contributed by atoms with Gasteiger partial charge in [0.25, 0.3) is 0 Å². The molecule has 0 radical (unpaired) electrons. The number of thioether (sulfide) groups is 1. The molecule has 2 heterocycles.